The summed E-state index contributed by atoms with van der Waals surface area (Å²) in [5.74, 6) is 0.0314. The summed E-state index contributed by atoms with van der Waals surface area (Å²) in [6, 6.07) is 27.1. The van der Waals surface area contributed by atoms with Gasteiger partial charge in [-0.05, 0) is 66.6 Å². The summed E-state index contributed by atoms with van der Waals surface area (Å²) < 4.78 is 0. The number of rotatable bonds is 12. The molecule has 214 valence electrons. The Morgan fingerprint density at radius 3 is 1.40 bits per heavy atom. The molecular formula is C34H32Cl2N5O-. The molecule has 0 fully saturated rings. The van der Waals surface area contributed by atoms with E-state index in [2.05, 4.69) is 24.8 Å². The van der Waals surface area contributed by atoms with Crippen LogP contribution in [0.2, 0.25) is 10.0 Å². The monoisotopic (exact) mass is 596 g/mol. The van der Waals surface area contributed by atoms with Gasteiger partial charge in [-0.1, -0.05) is 70.9 Å². The fraction of sp³-hybridized carbons (Fsp3) is 0.206. The molecule has 0 aliphatic rings. The van der Waals surface area contributed by atoms with Gasteiger partial charge in [-0.3, -0.25) is 24.8 Å². The maximum absolute atomic E-state index is 14.0. The third-order valence-electron chi connectivity index (χ3n) is 6.95. The molecule has 5 rings (SSSR count). The molecule has 0 radical (unpaired) electrons. The van der Waals surface area contributed by atoms with Crippen molar-refractivity contribution in [2.24, 2.45) is 0 Å². The summed E-state index contributed by atoms with van der Waals surface area (Å²) in [7, 11) is 0. The molecule has 0 saturated heterocycles. The van der Waals surface area contributed by atoms with Crippen LogP contribution < -0.4 is 5.11 Å². The molecule has 0 bridgehead atoms. The molecule has 5 aromatic rings. The average Bonchev–Trinajstić information content (AvgIpc) is 2.99. The minimum Gasteiger partial charge on any atom is -0.872 e. The number of halogens is 2. The molecule has 0 amide bonds. The fourth-order valence-electron chi connectivity index (χ4n) is 5.05. The van der Waals surface area contributed by atoms with Gasteiger partial charge in [0.15, 0.2) is 0 Å². The Labute approximate surface area is 257 Å². The van der Waals surface area contributed by atoms with Crippen molar-refractivity contribution in [3.8, 4) is 5.75 Å². The van der Waals surface area contributed by atoms with Crippen molar-refractivity contribution < 1.29 is 5.11 Å². The van der Waals surface area contributed by atoms with Crippen LogP contribution in [0.15, 0.2) is 104 Å². The minimum absolute atomic E-state index is 0.0314. The number of hydrogen-bond acceptors (Lipinski definition) is 6. The van der Waals surface area contributed by atoms with Crippen molar-refractivity contribution in [2.75, 3.05) is 0 Å². The molecule has 3 aromatic heterocycles. The molecule has 0 aliphatic carbocycles. The van der Waals surface area contributed by atoms with Crippen LogP contribution in [0.4, 0.5) is 0 Å². The molecule has 0 saturated carbocycles. The lowest BCUT2D eigenvalue weighted by Crippen LogP contribution is -2.26. The first kappa shape index (κ1) is 29.7. The zero-order valence-electron chi connectivity index (χ0n) is 23.5. The second kappa shape index (κ2) is 14.4. The summed E-state index contributed by atoms with van der Waals surface area (Å²) in [6.45, 7) is 5.12. The number of hydrogen-bond donors (Lipinski definition) is 0. The third kappa shape index (κ3) is 8.14. The maximum atomic E-state index is 14.0. The summed E-state index contributed by atoms with van der Waals surface area (Å²) >= 11 is 13.1. The fourth-order valence-corrected chi connectivity index (χ4v) is 5.57. The van der Waals surface area contributed by atoms with Gasteiger partial charge in [0.05, 0.1) is 17.1 Å². The van der Waals surface area contributed by atoms with Crippen molar-refractivity contribution in [2.45, 2.75) is 46.2 Å². The van der Waals surface area contributed by atoms with Crippen LogP contribution in [0, 0.1) is 6.92 Å². The van der Waals surface area contributed by atoms with Crippen LogP contribution in [0.25, 0.3) is 0 Å². The van der Waals surface area contributed by atoms with Gasteiger partial charge in [0.1, 0.15) is 0 Å². The first-order valence-corrected chi connectivity index (χ1v) is 14.6. The van der Waals surface area contributed by atoms with Gasteiger partial charge in [-0.25, -0.2) is 0 Å². The van der Waals surface area contributed by atoms with E-state index in [1.807, 2.05) is 91.9 Å². The van der Waals surface area contributed by atoms with E-state index in [0.717, 1.165) is 39.3 Å². The number of aromatic nitrogens is 3. The van der Waals surface area contributed by atoms with Crippen molar-refractivity contribution >= 4 is 23.2 Å². The van der Waals surface area contributed by atoms with Crippen LogP contribution in [-0.4, -0.2) is 24.8 Å². The first-order valence-electron chi connectivity index (χ1n) is 13.8. The molecule has 0 spiro atoms. The quantitative estimate of drug-likeness (QED) is 0.155. The lowest BCUT2D eigenvalue weighted by Gasteiger charge is -2.29. The zero-order chi connectivity index (χ0) is 29.3. The van der Waals surface area contributed by atoms with Crippen molar-refractivity contribution in [3.63, 3.8) is 0 Å². The van der Waals surface area contributed by atoms with Gasteiger partial charge in [0.2, 0.25) is 0 Å². The maximum Gasteiger partial charge on any atom is 0.0544 e. The van der Waals surface area contributed by atoms with Gasteiger partial charge in [0.25, 0.3) is 0 Å². The van der Waals surface area contributed by atoms with Crippen LogP contribution >= 0.6 is 23.2 Å². The lowest BCUT2D eigenvalue weighted by molar-refractivity contribution is -0.271. The molecular weight excluding hydrogens is 565 g/mol. The van der Waals surface area contributed by atoms with Crippen LogP contribution in [-0.2, 0) is 39.3 Å². The summed E-state index contributed by atoms with van der Waals surface area (Å²) in [5.41, 5.74) is 6.10. The Morgan fingerprint density at radius 2 is 1.00 bits per heavy atom. The highest BCUT2D eigenvalue weighted by Gasteiger charge is 2.17. The minimum atomic E-state index is 0.0314. The van der Waals surface area contributed by atoms with Crippen LogP contribution in [0.1, 0.15) is 39.3 Å². The second-order valence-corrected chi connectivity index (χ2v) is 11.2. The molecule has 0 aliphatic heterocycles. The number of aryl methyl sites for hydroxylation is 1. The van der Waals surface area contributed by atoms with E-state index in [1.165, 1.54) is 0 Å². The van der Waals surface area contributed by atoms with E-state index in [-0.39, 0.29) is 5.75 Å². The Morgan fingerprint density at radius 1 is 0.571 bits per heavy atom. The number of nitrogens with zero attached hydrogens (tertiary/aromatic N) is 5. The van der Waals surface area contributed by atoms with Gasteiger partial charge in [-0.15, -0.1) is 0 Å². The molecule has 8 heteroatoms. The molecule has 42 heavy (non-hydrogen) atoms. The molecule has 0 atom stereocenters. The lowest BCUT2D eigenvalue weighted by atomic mass is 10.0. The van der Waals surface area contributed by atoms with Crippen molar-refractivity contribution in [1.82, 2.24) is 24.8 Å². The predicted octanol–water partition coefficient (Wildman–Crippen LogP) is 6.97. The van der Waals surface area contributed by atoms with Gasteiger partial charge >= 0.3 is 0 Å². The molecule has 0 N–H and O–H groups in total. The highest BCUT2D eigenvalue weighted by molar-refractivity contribution is 6.35. The van der Waals surface area contributed by atoms with Crippen LogP contribution in [0.3, 0.4) is 0 Å². The first-order chi connectivity index (χ1) is 20.4. The average molecular weight is 598 g/mol. The standard InChI is InChI=1S/C34H33Cl2N5O/c1-25-17-26(19-40(21-28-9-2-5-14-37-28)22-29-10-3-6-15-38-29)34(42)27(18-25)20-41(23-30-11-4-7-16-39-30)24-31-32(35)12-8-13-33(31)36/h2-18,42H,19-24H2,1H3/p-1. The van der Waals surface area contributed by atoms with E-state index in [0.29, 0.717) is 49.3 Å². The van der Waals surface area contributed by atoms with Crippen LogP contribution in [0.5, 0.6) is 5.75 Å². The Bertz CT molecular complexity index is 1520. The van der Waals surface area contributed by atoms with E-state index < -0.39 is 0 Å². The van der Waals surface area contributed by atoms with E-state index in [4.69, 9.17) is 23.2 Å². The number of pyridine rings is 3. The molecule has 6 nitrogen and oxygen atoms in total. The second-order valence-electron chi connectivity index (χ2n) is 10.4. The topological polar surface area (TPSA) is 68.2 Å². The predicted molar refractivity (Wildman–Crippen MR) is 166 cm³/mol. The molecule has 0 unspecified atom stereocenters. The Balaban J connectivity index is 1.43. The van der Waals surface area contributed by atoms with E-state index >= 15 is 0 Å². The molecule has 3 heterocycles. The normalized spacial score (nSPS) is 11.4. The van der Waals surface area contributed by atoms with Gasteiger partial charge in [0, 0.05) is 73.5 Å². The SMILES string of the molecule is Cc1cc(CN(Cc2ccccn2)Cc2ccccn2)c([O-])c(CN(Cc2ccccn2)Cc2c(Cl)cccc2Cl)c1. The summed E-state index contributed by atoms with van der Waals surface area (Å²) in [5, 5.41) is 15.2. The Hall–Kier alpha value is -3.81. The zero-order valence-corrected chi connectivity index (χ0v) is 25.0. The smallest absolute Gasteiger partial charge is 0.0544 e. The molecule has 2 aromatic carbocycles. The number of benzene rings is 2. The van der Waals surface area contributed by atoms with Crippen molar-refractivity contribution in [3.05, 3.63) is 153 Å². The van der Waals surface area contributed by atoms with E-state index in [9.17, 15) is 5.11 Å². The third-order valence-corrected chi connectivity index (χ3v) is 7.66. The summed E-state index contributed by atoms with van der Waals surface area (Å²) in [6.07, 6.45) is 5.36. The Kier molecular flexibility index (Phi) is 10.2. The van der Waals surface area contributed by atoms with Gasteiger partial charge < -0.3 is 5.11 Å². The van der Waals surface area contributed by atoms with Gasteiger partial charge in [-0.2, -0.15) is 0 Å². The van der Waals surface area contributed by atoms with E-state index in [1.54, 1.807) is 18.6 Å². The highest BCUT2D eigenvalue weighted by Crippen LogP contribution is 2.30. The highest BCUT2D eigenvalue weighted by atomic mass is 35.5. The summed E-state index contributed by atoms with van der Waals surface area (Å²) in [4.78, 5) is 17.9. The van der Waals surface area contributed by atoms with Crippen molar-refractivity contribution in [1.29, 1.82) is 0 Å². The largest absolute Gasteiger partial charge is 0.872 e.